The summed E-state index contributed by atoms with van der Waals surface area (Å²) in [7, 11) is 0. The number of ketones is 1. The van der Waals surface area contributed by atoms with Gasteiger partial charge in [-0.2, -0.15) is 0 Å². The zero-order valence-electron chi connectivity index (χ0n) is 15.1. The van der Waals surface area contributed by atoms with E-state index in [9.17, 15) is 18.4 Å². The third kappa shape index (κ3) is 2.40. The summed E-state index contributed by atoms with van der Waals surface area (Å²) < 4.78 is 39.6. The van der Waals surface area contributed by atoms with Gasteiger partial charge in [-0.05, 0) is 61.6 Å². The van der Waals surface area contributed by atoms with Gasteiger partial charge >= 0.3 is 5.63 Å². The monoisotopic (exact) mass is 382 g/mol. The van der Waals surface area contributed by atoms with E-state index < -0.39 is 17.7 Å². The second-order valence-electron chi connectivity index (χ2n) is 7.37. The molecule has 0 radical (unpaired) electrons. The molecule has 2 heterocycles. The molecule has 0 saturated heterocycles. The molecule has 0 N–H and O–H groups in total. The lowest BCUT2D eigenvalue weighted by Crippen LogP contribution is -2.23. The average molecular weight is 382 g/mol. The summed E-state index contributed by atoms with van der Waals surface area (Å²) in [5, 5.41) is 0.600. The molecular formula is C22H16F2O4. The number of rotatable bonds is 1. The molecule has 0 fully saturated rings. The van der Waals surface area contributed by atoms with Crippen LogP contribution < -0.4 is 10.4 Å². The van der Waals surface area contributed by atoms with E-state index in [1.807, 2.05) is 0 Å². The number of carbonyl (C=O) groups excluding carboxylic acids is 1. The van der Waals surface area contributed by atoms with E-state index in [1.165, 1.54) is 0 Å². The smallest absolute Gasteiger partial charge is 0.339 e. The number of hydrogen-bond donors (Lipinski definition) is 0. The maximum atomic E-state index is 14.3. The van der Waals surface area contributed by atoms with Crippen LogP contribution in [-0.2, 0) is 12.8 Å². The largest absolute Gasteiger partial charge is 0.484 e. The molecule has 6 heteroatoms. The van der Waals surface area contributed by atoms with Gasteiger partial charge in [0, 0.05) is 11.1 Å². The van der Waals surface area contributed by atoms with Crippen LogP contribution in [0.3, 0.4) is 0 Å². The quantitative estimate of drug-likeness (QED) is 0.579. The molecule has 1 aliphatic heterocycles. The molecule has 142 valence electrons. The number of fused-ring (bicyclic) bond motifs is 5. The lowest BCUT2D eigenvalue weighted by atomic mass is 9.90. The zero-order valence-corrected chi connectivity index (χ0v) is 15.1. The molecule has 1 aromatic heterocycles. The molecular weight excluding hydrogens is 366 g/mol. The Kier molecular flexibility index (Phi) is 3.66. The topological polar surface area (TPSA) is 56.5 Å². The van der Waals surface area contributed by atoms with Crippen molar-refractivity contribution in [2.45, 2.75) is 38.7 Å². The Morgan fingerprint density at radius 3 is 2.68 bits per heavy atom. The summed E-state index contributed by atoms with van der Waals surface area (Å²) in [6.07, 6.45) is 1.09. The summed E-state index contributed by atoms with van der Waals surface area (Å²) in [5.74, 6) is -1.12. The molecule has 0 amide bonds. The predicted molar refractivity (Wildman–Crippen MR) is 97.9 cm³/mol. The van der Waals surface area contributed by atoms with E-state index >= 15 is 0 Å². The molecule has 4 nitrogen and oxygen atoms in total. The van der Waals surface area contributed by atoms with Gasteiger partial charge < -0.3 is 9.15 Å². The Hall–Kier alpha value is -3.02. The standard InChI is InChI=1S/C22H16F2O4/c1-10-7-18-20(12-3-2-4-13(12)22(26)28-18)21-19(10)16(25)9-17(27-21)14-8-11(23)5-6-15(14)24/h5-8,17H,2-4,9H2,1H3/t17-/m1/s1. The third-order valence-electron chi connectivity index (χ3n) is 5.63. The highest BCUT2D eigenvalue weighted by Crippen LogP contribution is 2.44. The summed E-state index contributed by atoms with van der Waals surface area (Å²) in [5.41, 5.74) is 2.48. The number of carbonyl (C=O) groups is 1. The van der Waals surface area contributed by atoms with Crippen LogP contribution in [0.25, 0.3) is 11.0 Å². The molecule has 1 aliphatic carbocycles. The first-order chi connectivity index (χ1) is 13.4. The highest BCUT2D eigenvalue weighted by Gasteiger charge is 2.34. The van der Waals surface area contributed by atoms with Crippen molar-refractivity contribution >= 4 is 16.8 Å². The van der Waals surface area contributed by atoms with Gasteiger partial charge in [0.1, 0.15) is 29.1 Å². The molecule has 0 bridgehead atoms. The van der Waals surface area contributed by atoms with Gasteiger partial charge in [-0.3, -0.25) is 4.79 Å². The fourth-order valence-electron chi connectivity index (χ4n) is 4.38. The summed E-state index contributed by atoms with van der Waals surface area (Å²) in [6.45, 7) is 1.75. The van der Waals surface area contributed by atoms with Crippen LogP contribution in [0.2, 0.25) is 0 Å². The van der Waals surface area contributed by atoms with Crippen LogP contribution in [0.15, 0.2) is 33.5 Å². The maximum absolute atomic E-state index is 14.3. The fourth-order valence-corrected chi connectivity index (χ4v) is 4.38. The number of hydrogen-bond acceptors (Lipinski definition) is 4. The molecule has 2 aliphatic rings. The van der Waals surface area contributed by atoms with E-state index in [0.717, 1.165) is 30.2 Å². The van der Waals surface area contributed by atoms with Crippen LogP contribution in [0.4, 0.5) is 8.78 Å². The minimum atomic E-state index is -0.940. The number of ether oxygens (including phenoxy) is 1. The van der Waals surface area contributed by atoms with Gasteiger partial charge in [0.2, 0.25) is 0 Å². The Bertz CT molecular complexity index is 1230. The minimum Gasteiger partial charge on any atom is -0.484 e. The second-order valence-corrected chi connectivity index (χ2v) is 7.37. The molecule has 1 atom stereocenters. The SMILES string of the molecule is Cc1cc2oc(=O)c3c(c2c2c1C(=O)C[C@H](c1cc(F)ccc1F)O2)CCC3. The fraction of sp³-hybridized carbons (Fsp3) is 0.273. The van der Waals surface area contributed by atoms with E-state index in [4.69, 9.17) is 9.15 Å². The van der Waals surface area contributed by atoms with Crippen LogP contribution >= 0.6 is 0 Å². The molecule has 5 rings (SSSR count). The molecule has 0 unspecified atom stereocenters. The van der Waals surface area contributed by atoms with E-state index in [2.05, 4.69) is 0 Å². The van der Waals surface area contributed by atoms with Crippen molar-refractivity contribution in [1.29, 1.82) is 0 Å². The van der Waals surface area contributed by atoms with Crippen molar-refractivity contribution in [2.24, 2.45) is 0 Å². The number of benzene rings is 2. The maximum Gasteiger partial charge on any atom is 0.339 e. The highest BCUT2D eigenvalue weighted by molar-refractivity contribution is 6.07. The zero-order chi connectivity index (χ0) is 19.6. The second kappa shape index (κ2) is 5.99. The Morgan fingerprint density at radius 2 is 1.86 bits per heavy atom. The normalized spacial score (nSPS) is 18.1. The number of aryl methyl sites for hydroxylation is 2. The van der Waals surface area contributed by atoms with Gasteiger partial charge in [-0.25, -0.2) is 13.6 Å². The van der Waals surface area contributed by atoms with Crippen molar-refractivity contribution in [3.63, 3.8) is 0 Å². The Morgan fingerprint density at radius 1 is 1.07 bits per heavy atom. The first-order valence-corrected chi connectivity index (χ1v) is 9.21. The molecule has 28 heavy (non-hydrogen) atoms. The van der Waals surface area contributed by atoms with Gasteiger partial charge in [0.05, 0.1) is 17.4 Å². The molecule has 0 spiro atoms. The number of Topliss-reactive ketones (excluding diaryl/α,β-unsaturated/α-hetero) is 1. The van der Waals surface area contributed by atoms with Gasteiger partial charge in [-0.1, -0.05) is 0 Å². The van der Waals surface area contributed by atoms with Crippen LogP contribution in [0.1, 0.15) is 51.6 Å². The van der Waals surface area contributed by atoms with Crippen molar-refractivity contribution < 1.29 is 22.7 Å². The van der Waals surface area contributed by atoms with Gasteiger partial charge in [0.25, 0.3) is 0 Å². The highest BCUT2D eigenvalue weighted by atomic mass is 19.1. The molecule has 2 aromatic carbocycles. The van der Waals surface area contributed by atoms with Crippen molar-refractivity contribution in [3.8, 4) is 5.75 Å². The first kappa shape index (κ1) is 17.1. The summed E-state index contributed by atoms with van der Waals surface area (Å²) in [4.78, 5) is 25.2. The van der Waals surface area contributed by atoms with E-state index in [1.54, 1.807) is 13.0 Å². The van der Waals surface area contributed by atoms with Crippen molar-refractivity contribution in [1.82, 2.24) is 0 Å². The summed E-state index contributed by atoms with van der Waals surface area (Å²) in [6, 6.07) is 4.79. The van der Waals surface area contributed by atoms with Crippen LogP contribution in [-0.4, -0.2) is 5.78 Å². The predicted octanol–water partition coefficient (Wildman–Crippen LogP) is 4.57. The third-order valence-corrected chi connectivity index (χ3v) is 5.63. The van der Waals surface area contributed by atoms with Crippen molar-refractivity contribution in [2.75, 3.05) is 0 Å². The Labute approximate surface area is 158 Å². The lowest BCUT2D eigenvalue weighted by molar-refractivity contribution is 0.0847. The average Bonchev–Trinajstić information content (AvgIpc) is 3.13. The van der Waals surface area contributed by atoms with E-state index in [-0.39, 0.29) is 23.4 Å². The van der Waals surface area contributed by atoms with Crippen LogP contribution in [0.5, 0.6) is 5.75 Å². The molecule has 0 saturated carbocycles. The summed E-state index contributed by atoms with van der Waals surface area (Å²) >= 11 is 0. The Balaban J connectivity index is 1.77. The molecule has 3 aromatic rings. The number of halogens is 2. The van der Waals surface area contributed by atoms with Gasteiger partial charge in [0.15, 0.2) is 5.78 Å². The lowest BCUT2D eigenvalue weighted by Gasteiger charge is -2.28. The van der Waals surface area contributed by atoms with Crippen LogP contribution in [0, 0.1) is 18.6 Å². The van der Waals surface area contributed by atoms with Crippen molar-refractivity contribution in [3.05, 3.63) is 74.1 Å². The minimum absolute atomic E-state index is 0.00249. The van der Waals surface area contributed by atoms with Gasteiger partial charge in [-0.15, -0.1) is 0 Å². The first-order valence-electron chi connectivity index (χ1n) is 9.21. The van der Waals surface area contributed by atoms with E-state index in [0.29, 0.717) is 46.3 Å².